The first kappa shape index (κ1) is 22.7. The maximum absolute atomic E-state index is 13.0. The average Bonchev–Trinajstić information content (AvgIpc) is 2.78. The molecule has 32 heavy (non-hydrogen) atoms. The third kappa shape index (κ3) is 5.18. The van der Waals surface area contributed by atoms with Gasteiger partial charge in [-0.3, -0.25) is 14.4 Å². The van der Waals surface area contributed by atoms with Crippen LogP contribution in [0.1, 0.15) is 51.4 Å². The number of aliphatic carboxylic acids is 1. The van der Waals surface area contributed by atoms with Crippen molar-refractivity contribution in [2.75, 3.05) is 7.11 Å². The number of nitrogens with zero attached hydrogens (tertiary/aromatic N) is 1. The Kier molecular flexibility index (Phi) is 7.00. The van der Waals surface area contributed by atoms with Crippen LogP contribution >= 0.6 is 0 Å². The van der Waals surface area contributed by atoms with Gasteiger partial charge in [0.25, 0.3) is 5.91 Å². The zero-order chi connectivity index (χ0) is 23.3. The number of hydrogen-bond acceptors (Lipinski definition) is 5. The number of hydrogen-bond donors (Lipinski definition) is 2. The van der Waals surface area contributed by atoms with E-state index in [1.165, 1.54) is 20.1 Å². The fourth-order valence-electron chi connectivity index (χ4n) is 3.43. The molecule has 0 saturated carbocycles. The Labute approximate surface area is 186 Å². The molecular formula is C25H24N2O5. The summed E-state index contributed by atoms with van der Waals surface area (Å²) in [5.41, 5.74) is 3.44. The van der Waals surface area contributed by atoms with E-state index in [0.717, 1.165) is 11.1 Å². The fourth-order valence-corrected chi connectivity index (χ4v) is 3.43. The zero-order valence-electron chi connectivity index (χ0n) is 18.1. The molecule has 7 nitrogen and oxygen atoms in total. The van der Waals surface area contributed by atoms with Crippen LogP contribution in [0.3, 0.4) is 0 Å². The van der Waals surface area contributed by atoms with Crippen LogP contribution < -0.4 is 10.1 Å². The van der Waals surface area contributed by atoms with Gasteiger partial charge < -0.3 is 15.2 Å². The van der Waals surface area contributed by atoms with E-state index in [9.17, 15) is 19.5 Å². The summed E-state index contributed by atoms with van der Waals surface area (Å²) >= 11 is 0. The minimum Gasteiger partial charge on any atom is -0.494 e. The van der Waals surface area contributed by atoms with Gasteiger partial charge >= 0.3 is 5.97 Å². The summed E-state index contributed by atoms with van der Waals surface area (Å²) in [6, 6.07) is 16.6. The van der Waals surface area contributed by atoms with Gasteiger partial charge in [-0.15, -0.1) is 0 Å². The smallest absolute Gasteiger partial charge is 0.305 e. The van der Waals surface area contributed by atoms with Crippen LogP contribution in [0.25, 0.3) is 11.3 Å². The number of Topliss-reactive ketones (excluding diaryl/α,β-unsaturated/α-hetero) is 1. The lowest BCUT2D eigenvalue weighted by atomic mass is 9.98. The average molecular weight is 432 g/mol. The predicted octanol–water partition coefficient (Wildman–Crippen LogP) is 4.21. The SMILES string of the molecule is COc1ccc(C(=O)NC(CC(=O)O)c2ccccc2C)nc1-c1ccc(C(C)=O)cc1. The van der Waals surface area contributed by atoms with E-state index < -0.39 is 17.9 Å². The van der Waals surface area contributed by atoms with Crippen molar-refractivity contribution in [3.8, 4) is 17.0 Å². The highest BCUT2D eigenvalue weighted by molar-refractivity contribution is 5.95. The molecule has 0 aliphatic heterocycles. The Morgan fingerprint density at radius 3 is 2.31 bits per heavy atom. The summed E-state index contributed by atoms with van der Waals surface area (Å²) in [4.78, 5) is 40.4. The number of carboxylic acid groups (broad SMARTS) is 1. The van der Waals surface area contributed by atoms with Crippen LogP contribution in [0.2, 0.25) is 0 Å². The lowest BCUT2D eigenvalue weighted by molar-refractivity contribution is -0.137. The first-order valence-corrected chi connectivity index (χ1v) is 10.0. The molecule has 0 saturated heterocycles. The molecule has 0 aliphatic carbocycles. The Bertz CT molecular complexity index is 1160. The maximum Gasteiger partial charge on any atom is 0.305 e. The van der Waals surface area contributed by atoms with Crippen molar-refractivity contribution in [1.82, 2.24) is 10.3 Å². The van der Waals surface area contributed by atoms with E-state index in [1.807, 2.05) is 19.1 Å². The van der Waals surface area contributed by atoms with Gasteiger partial charge in [-0.1, -0.05) is 48.5 Å². The Hall–Kier alpha value is -4.00. The number of carbonyl (C=O) groups excluding carboxylic acids is 2. The summed E-state index contributed by atoms with van der Waals surface area (Å²) in [5, 5.41) is 12.1. The van der Waals surface area contributed by atoms with Crippen molar-refractivity contribution < 1.29 is 24.2 Å². The Balaban J connectivity index is 1.93. The minimum atomic E-state index is -1.02. The molecule has 2 N–H and O–H groups in total. The number of ketones is 1. The summed E-state index contributed by atoms with van der Waals surface area (Å²) in [6.45, 7) is 3.35. The lowest BCUT2D eigenvalue weighted by Gasteiger charge is -2.19. The highest BCUT2D eigenvalue weighted by Crippen LogP contribution is 2.29. The molecule has 0 spiro atoms. The van der Waals surface area contributed by atoms with Crippen LogP contribution in [-0.2, 0) is 4.79 Å². The Morgan fingerprint density at radius 2 is 1.72 bits per heavy atom. The molecular weight excluding hydrogens is 408 g/mol. The summed E-state index contributed by atoms with van der Waals surface area (Å²) < 4.78 is 5.39. The van der Waals surface area contributed by atoms with Crippen LogP contribution in [0.15, 0.2) is 60.7 Å². The van der Waals surface area contributed by atoms with Gasteiger partial charge in [0.1, 0.15) is 17.1 Å². The van der Waals surface area contributed by atoms with Gasteiger partial charge in [-0.05, 0) is 37.1 Å². The van der Waals surface area contributed by atoms with Crippen molar-refractivity contribution in [2.24, 2.45) is 0 Å². The van der Waals surface area contributed by atoms with Crippen molar-refractivity contribution in [3.05, 3.63) is 83.0 Å². The quantitative estimate of drug-likeness (QED) is 0.517. The number of benzene rings is 2. The number of carboxylic acids is 1. The second-order valence-corrected chi connectivity index (χ2v) is 7.36. The van der Waals surface area contributed by atoms with E-state index in [-0.39, 0.29) is 17.9 Å². The highest BCUT2D eigenvalue weighted by Gasteiger charge is 2.22. The number of rotatable bonds is 8. The third-order valence-corrected chi connectivity index (χ3v) is 5.12. The van der Waals surface area contributed by atoms with Crippen LogP contribution in [0.4, 0.5) is 0 Å². The lowest BCUT2D eigenvalue weighted by Crippen LogP contribution is -2.31. The monoisotopic (exact) mass is 432 g/mol. The number of methoxy groups -OCH3 is 1. The molecule has 3 rings (SSSR count). The molecule has 1 unspecified atom stereocenters. The molecule has 0 bridgehead atoms. The van der Waals surface area contributed by atoms with Crippen molar-refractivity contribution in [1.29, 1.82) is 0 Å². The Morgan fingerprint density at radius 1 is 1.03 bits per heavy atom. The summed E-state index contributed by atoms with van der Waals surface area (Å²) in [6.07, 6.45) is -0.258. The van der Waals surface area contributed by atoms with E-state index in [4.69, 9.17) is 4.74 Å². The van der Waals surface area contributed by atoms with Crippen molar-refractivity contribution >= 4 is 17.7 Å². The van der Waals surface area contributed by atoms with E-state index in [2.05, 4.69) is 10.3 Å². The van der Waals surface area contributed by atoms with Gasteiger partial charge in [0.05, 0.1) is 19.6 Å². The van der Waals surface area contributed by atoms with Gasteiger partial charge in [-0.2, -0.15) is 0 Å². The maximum atomic E-state index is 13.0. The number of carbonyl (C=O) groups is 3. The van der Waals surface area contributed by atoms with Crippen molar-refractivity contribution in [2.45, 2.75) is 26.3 Å². The number of amides is 1. The molecule has 164 valence electrons. The number of aromatic nitrogens is 1. The predicted molar refractivity (Wildman–Crippen MR) is 120 cm³/mol. The number of nitrogens with one attached hydrogen (secondary N) is 1. The standard InChI is InChI=1S/C25H24N2O5/c1-15-6-4-5-7-19(15)21(14-23(29)30)27-25(31)20-12-13-22(32-3)24(26-20)18-10-8-17(9-11-18)16(2)28/h4-13,21H,14H2,1-3H3,(H,27,31)(H,29,30). The first-order valence-electron chi connectivity index (χ1n) is 10.0. The van der Waals surface area contributed by atoms with E-state index in [1.54, 1.807) is 42.5 Å². The van der Waals surface area contributed by atoms with Crippen LogP contribution in [0, 0.1) is 6.92 Å². The summed E-state index contributed by atoms with van der Waals surface area (Å²) in [5.74, 6) is -1.10. The largest absolute Gasteiger partial charge is 0.494 e. The van der Waals surface area contributed by atoms with E-state index in [0.29, 0.717) is 22.6 Å². The van der Waals surface area contributed by atoms with Gasteiger partial charge in [0, 0.05) is 11.1 Å². The highest BCUT2D eigenvalue weighted by atomic mass is 16.5. The van der Waals surface area contributed by atoms with Gasteiger partial charge in [0.15, 0.2) is 5.78 Å². The second-order valence-electron chi connectivity index (χ2n) is 7.36. The number of ether oxygens (including phenoxy) is 1. The minimum absolute atomic E-state index is 0.0507. The first-order chi connectivity index (χ1) is 15.3. The molecule has 0 aliphatic rings. The van der Waals surface area contributed by atoms with Crippen LogP contribution in [0.5, 0.6) is 5.75 Å². The van der Waals surface area contributed by atoms with Gasteiger partial charge in [-0.25, -0.2) is 4.98 Å². The topological polar surface area (TPSA) is 106 Å². The third-order valence-electron chi connectivity index (χ3n) is 5.12. The van der Waals surface area contributed by atoms with E-state index >= 15 is 0 Å². The number of aryl methyl sites for hydroxylation is 1. The summed E-state index contributed by atoms with van der Waals surface area (Å²) in [7, 11) is 1.51. The molecule has 0 radical (unpaired) electrons. The zero-order valence-corrected chi connectivity index (χ0v) is 18.1. The van der Waals surface area contributed by atoms with Gasteiger partial charge in [0.2, 0.25) is 0 Å². The molecule has 1 heterocycles. The number of pyridine rings is 1. The molecule has 0 fully saturated rings. The van der Waals surface area contributed by atoms with Crippen molar-refractivity contribution in [3.63, 3.8) is 0 Å². The normalized spacial score (nSPS) is 11.5. The second kappa shape index (κ2) is 9.87. The fraction of sp³-hybridized carbons (Fsp3) is 0.200. The molecule has 2 aromatic carbocycles. The molecule has 1 aromatic heterocycles. The molecule has 3 aromatic rings. The van der Waals surface area contributed by atoms with Crippen LogP contribution in [-0.4, -0.2) is 34.9 Å². The molecule has 1 amide bonds. The molecule has 1 atom stereocenters. The molecule has 7 heteroatoms.